The van der Waals surface area contributed by atoms with Crippen molar-refractivity contribution in [2.75, 3.05) is 25.5 Å². The normalized spacial score (nSPS) is 15.9. The standard InChI is InChI=1S/C14H23N3/c1-3-15-14-8-7-13(9-16-14)11-17(2)10-12-5-4-6-12/h7-9,12H,3-6,10-11H2,1-2H3,(H,15,16). The van der Waals surface area contributed by atoms with E-state index in [1.807, 2.05) is 6.20 Å². The van der Waals surface area contributed by atoms with Gasteiger partial charge in [0.25, 0.3) is 0 Å². The van der Waals surface area contributed by atoms with Crippen LogP contribution in [0.4, 0.5) is 5.82 Å². The molecule has 94 valence electrons. The predicted octanol–water partition coefficient (Wildman–Crippen LogP) is 2.75. The Morgan fingerprint density at radius 1 is 1.41 bits per heavy atom. The number of hydrogen-bond acceptors (Lipinski definition) is 3. The molecule has 1 aliphatic rings. The van der Waals surface area contributed by atoms with E-state index in [0.717, 1.165) is 24.8 Å². The molecule has 1 N–H and O–H groups in total. The molecule has 2 rings (SSSR count). The van der Waals surface area contributed by atoms with Crippen LogP contribution in [0.1, 0.15) is 31.7 Å². The predicted molar refractivity (Wildman–Crippen MR) is 72.1 cm³/mol. The minimum Gasteiger partial charge on any atom is -0.370 e. The van der Waals surface area contributed by atoms with E-state index in [1.165, 1.54) is 31.4 Å². The lowest BCUT2D eigenvalue weighted by Crippen LogP contribution is -2.29. The second-order valence-electron chi connectivity index (χ2n) is 5.08. The third kappa shape index (κ3) is 3.70. The van der Waals surface area contributed by atoms with Gasteiger partial charge in [-0.25, -0.2) is 4.98 Å². The van der Waals surface area contributed by atoms with Gasteiger partial charge in [-0.1, -0.05) is 12.5 Å². The molecule has 0 saturated heterocycles. The van der Waals surface area contributed by atoms with E-state index in [4.69, 9.17) is 0 Å². The molecule has 1 saturated carbocycles. The fourth-order valence-electron chi connectivity index (χ4n) is 2.30. The van der Waals surface area contributed by atoms with Crippen LogP contribution in [0.2, 0.25) is 0 Å². The Hall–Kier alpha value is -1.09. The van der Waals surface area contributed by atoms with Crippen LogP contribution < -0.4 is 5.32 Å². The van der Waals surface area contributed by atoms with Gasteiger partial charge in [0.05, 0.1) is 0 Å². The van der Waals surface area contributed by atoms with E-state index in [9.17, 15) is 0 Å². The summed E-state index contributed by atoms with van der Waals surface area (Å²) in [7, 11) is 2.20. The molecular weight excluding hydrogens is 210 g/mol. The summed E-state index contributed by atoms with van der Waals surface area (Å²) in [5.74, 6) is 1.91. The number of nitrogens with one attached hydrogen (secondary N) is 1. The summed E-state index contributed by atoms with van der Waals surface area (Å²) in [6.45, 7) is 5.25. The topological polar surface area (TPSA) is 28.2 Å². The first-order valence-electron chi connectivity index (χ1n) is 6.65. The molecule has 0 aromatic carbocycles. The molecule has 3 heteroatoms. The van der Waals surface area contributed by atoms with Crippen LogP contribution >= 0.6 is 0 Å². The van der Waals surface area contributed by atoms with Crippen molar-refractivity contribution in [1.82, 2.24) is 9.88 Å². The van der Waals surface area contributed by atoms with Gasteiger partial charge in [-0.3, -0.25) is 0 Å². The van der Waals surface area contributed by atoms with Crippen molar-refractivity contribution < 1.29 is 0 Å². The van der Waals surface area contributed by atoms with Crippen molar-refractivity contribution in [3.8, 4) is 0 Å². The van der Waals surface area contributed by atoms with Crippen molar-refractivity contribution in [2.45, 2.75) is 32.7 Å². The lowest BCUT2D eigenvalue weighted by molar-refractivity contribution is 0.200. The first kappa shape index (κ1) is 12.4. The highest BCUT2D eigenvalue weighted by atomic mass is 15.1. The molecule has 0 aliphatic heterocycles. The van der Waals surface area contributed by atoms with Gasteiger partial charge < -0.3 is 10.2 Å². The second-order valence-corrected chi connectivity index (χ2v) is 5.08. The maximum absolute atomic E-state index is 4.40. The zero-order valence-corrected chi connectivity index (χ0v) is 10.9. The van der Waals surface area contributed by atoms with Gasteiger partial charge in [-0.2, -0.15) is 0 Å². The summed E-state index contributed by atoms with van der Waals surface area (Å²) >= 11 is 0. The number of hydrogen-bond donors (Lipinski definition) is 1. The van der Waals surface area contributed by atoms with Crippen LogP contribution in [0.15, 0.2) is 18.3 Å². The Balaban J connectivity index is 1.80. The average Bonchev–Trinajstić information content (AvgIpc) is 2.27. The van der Waals surface area contributed by atoms with Gasteiger partial charge in [0.1, 0.15) is 5.82 Å². The van der Waals surface area contributed by atoms with E-state index in [-0.39, 0.29) is 0 Å². The van der Waals surface area contributed by atoms with Crippen LogP contribution in [-0.4, -0.2) is 30.0 Å². The van der Waals surface area contributed by atoms with Gasteiger partial charge in [0.2, 0.25) is 0 Å². The van der Waals surface area contributed by atoms with E-state index in [2.05, 4.69) is 41.3 Å². The van der Waals surface area contributed by atoms with E-state index in [1.54, 1.807) is 0 Å². The lowest BCUT2D eigenvalue weighted by Gasteiger charge is -2.30. The molecule has 0 atom stereocenters. The number of anilines is 1. The fraction of sp³-hybridized carbons (Fsp3) is 0.643. The van der Waals surface area contributed by atoms with Crippen LogP contribution in [0.3, 0.4) is 0 Å². The lowest BCUT2D eigenvalue weighted by atomic mass is 9.85. The Bertz CT molecular complexity index is 330. The highest BCUT2D eigenvalue weighted by Gasteiger charge is 2.18. The van der Waals surface area contributed by atoms with Crippen LogP contribution in [0.5, 0.6) is 0 Å². The summed E-state index contributed by atoms with van der Waals surface area (Å²) < 4.78 is 0. The largest absolute Gasteiger partial charge is 0.370 e. The van der Waals surface area contributed by atoms with Crippen LogP contribution in [0.25, 0.3) is 0 Å². The summed E-state index contributed by atoms with van der Waals surface area (Å²) in [4.78, 5) is 6.81. The summed E-state index contributed by atoms with van der Waals surface area (Å²) in [5.41, 5.74) is 1.30. The molecule has 1 aliphatic carbocycles. The summed E-state index contributed by atoms with van der Waals surface area (Å²) in [5, 5.41) is 3.21. The third-order valence-corrected chi connectivity index (χ3v) is 3.43. The molecule has 1 aromatic rings. The van der Waals surface area contributed by atoms with Crippen molar-refractivity contribution >= 4 is 5.82 Å². The SMILES string of the molecule is CCNc1ccc(CN(C)CC2CCC2)cn1. The van der Waals surface area contributed by atoms with Gasteiger partial charge >= 0.3 is 0 Å². The van der Waals surface area contributed by atoms with Gasteiger partial charge in [-0.15, -0.1) is 0 Å². The Morgan fingerprint density at radius 2 is 2.24 bits per heavy atom. The van der Waals surface area contributed by atoms with E-state index < -0.39 is 0 Å². The Labute approximate surface area is 104 Å². The Morgan fingerprint density at radius 3 is 2.76 bits per heavy atom. The molecule has 0 unspecified atom stereocenters. The monoisotopic (exact) mass is 233 g/mol. The van der Waals surface area contributed by atoms with E-state index >= 15 is 0 Å². The summed E-state index contributed by atoms with van der Waals surface area (Å²) in [6, 6.07) is 4.23. The molecule has 17 heavy (non-hydrogen) atoms. The number of nitrogens with zero attached hydrogens (tertiary/aromatic N) is 2. The van der Waals surface area contributed by atoms with Crippen LogP contribution in [0, 0.1) is 5.92 Å². The van der Waals surface area contributed by atoms with Crippen molar-refractivity contribution in [2.24, 2.45) is 5.92 Å². The molecule has 3 nitrogen and oxygen atoms in total. The smallest absolute Gasteiger partial charge is 0.125 e. The minimum absolute atomic E-state index is 0.925. The van der Waals surface area contributed by atoms with Crippen molar-refractivity contribution in [3.63, 3.8) is 0 Å². The highest BCUT2D eigenvalue weighted by molar-refractivity contribution is 5.35. The van der Waals surface area contributed by atoms with Crippen LogP contribution in [-0.2, 0) is 6.54 Å². The number of rotatable bonds is 6. The quantitative estimate of drug-likeness (QED) is 0.819. The van der Waals surface area contributed by atoms with Gasteiger partial charge in [0.15, 0.2) is 0 Å². The van der Waals surface area contributed by atoms with Crippen molar-refractivity contribution in [3.05, 3.63) is 23.9 Å². The number of aromatic nitrogens is 1. The highest BCUT2D eigenvalue weighted by Crippen LogP contribution is 2.27. The first-order valence-corrected chi connectivity index (χ1v) is 6.65. The fourth-order valence-corrected chi connectivity index (χ4v) is 2.30. The van der Waals surface area contributed by atoms with Gasteiger partial charge in [0, 0.05) is 25.8 Å². The average molecular weight is 233 g/mol. The zero-order valence-electron chi connectivity index (χ0n) is 10.9. The minimum atomic E-state index is 0.925. The summed E-state index contributed by atoms with van der Waals surface area (Å²) in [6.07, 6.45) is 6.25. The molecule has 1 heterocycles. The first-order chi connectivity index (χ1) is 8.28. The van der Waals surface area contributed by atoms with E-state index in [0.29, 0.717) is 0 Å². The molecule has 1 aromatic heterocycles. The molecule has 1 fully saturated rings. The maximum atomic E-state index is 4.40. The second kappa shape index (κ2) is 6.01. The molecule has 0 radical (unpaired) electrons. The van der Waals surface area contributed by atoms with Crippen molar-refractivity contribution in [1.29, 1.82) is 0 Å². The molecule has 0 bridgehead atoms. The molecule has 0 spiro atoms. The zero-order chi connectivity index (χ0) is 12.1. The Kier molecular flexibility index (Phi) is 4.37. The van der Waals surface area contributed by atoms with Gasteiger partial charge in [-0.05, 0) is 44.4 Å². The third-order valence-electron chi connectivity index (χ3n) is 3.43. The maximum Gasteiger partial charge on any atom is 0.125 e. The molecule has 0 amide bonds. The molecular formula is C14H23N3. The number of pyridine rings is 1.